The molecule has 0 aliphatic carbocycles. The van der Waals surface area contributed by atoms with Crippen molar-refractivity contribution < 1.29 is 17.6 Å². The lowest BCUT2D eigenvalue weighted by Gasteiger charge is -2.24. The van der Waals surface area contributed by atoms with Crippen LogP contribution in [0.3, 0.4) is 0 Å². The molecule has 1 heterocycles. The molecule has 4 rings (SSSR count). The Morgan fingerprint density at radius 3 is 2.42 bits per heavy atom. The Morgan fingerprint density at radius 1 is 1.06 bits per heavy atom. The van der Waals surface area contributed by atoms with Gasteiger partial charge in [0.25, 0.3) is 15.9 Å². The van der Waals surface area contributed by atoms with Gasteiger partial charge < -0.3 is 5.32 Å². The fourth-order valence-electron chi connectivity index (χ4n) is 3.93. The van der Waals surface area contributed by atoms with E-state index in [1.54, 1.807) is 60.7 Å². The van der Waals surface area contributed by atoms with Gasteiger partial charge in [-0.2, -0.15) is 0 Å². The number of sulfonamides is 1. The van der Waals surface area contributed by atoms with Crippen LogP contribution >= 0.6 is 0 Å². The molecule has 2 atom stereocenters. The molecule has 3 aromatic rings. The Balaban J connectivity index is 1.57. The summed E-state index contributed by atoms with van der Waals surface area (Å²) in [6, 6.07) is 18.9. The van der Waals surface area contributed by atoms with Crippen LogP contribution < -0.4 is 9.62 Å². The number of rotatable bonds is 5. The van der Waals surface area contributed by atoms with Gasteiger partial charge in [0, 0.05) is 11.6 Å². The van der Waals surface area contributed by atoms with Crippen LogP contribution in [0.5, 0.6) is 0 Å². The maximum Gasteiger partial charge on any atom is 0.264 e. The second-order valence-corrected chi connectivity index (χ2v) is 9.57. The molecule has 7 heteroatoms. The van der Waals surface area contributed by atoms with Gasteiger partial charge >= 0.3 is 0 Å². The van der Waals surface area contributed by atoms with Crippen LogP contribution in [0.2, 0.25) is 0 Å². The monoisotopic (exact) mass is 438 g/mol. The van der Waals surface area contributed by atoms with Gasteiger partial charge in [0.05, 0.1) is 16.6 Å². The summed E-state index contributed by atoms with van der Waals surface area (Å²) in [5.74, 6) is -0.596. The molecule has 0 unspecified atom stereocenters. The lowest BCUT2D eigenvalue weighted by molar-refractivity contribution is 0.0940. The van der Waals surface area contributed by atoms with Gasteiger partial charge in [0.1, 0.15) is 5.82 Å². The standard InChI is InChI=1S/C24H23FN2O3S/c1-16-14-20-15-19(24(28)26-17(2)18-8-11-21(25)12-9-18)10-13-23(20)27(16)31(29,30)22-6-4-3-5-7-22/h3-13,15-17H,14H2,1-2H3,(H,26,28)/t16-,17+/m1/s1. The Labute approximate surface area is 181 Å². The highest BCUT2D eigenvalue weighted by molar-refractivity contribution is 7.92. The molecule has 0 saturated carbocycles. The van der Waals surface area contributed by atoms with Gasteiger partial charge in [-0.3, -0.25) is 9.10 Å². The Morgan fingerprint density at radius 2 is 1.74 bits per heavy atom. The van der Waals surface area contributed by atoms with E-state index in [1.165, 1.54) is 16.4 Å². The first-order valence-corrected chi connectivity index (χ1v) is 11.5. The van der Waals surface area contributed by atoms with E-state index in [-0.39, 0.29) is 28.7 Å². The second-order valence-electron chi connectivity index (χ2n) is 7.76. The summed E-state index contributed by atoms with van der Waals surface area (Å²) in [7, 11) is -3.69. The molecular formula is C24H23FN2O3S. The third-order valence-electron chi connectivity index (χ3n) is 5.51. The molecule has 5 nitrogen and oxygen atoms in total. The molecule has 0 bridgehead atoms. The average molecular weight is 439 g/mol. The minimum atomic E-state index is -3.69. The lowest BCUT2D eigenvalue weighted by Crippen LogP contribution is -2.35. The van der Waals surface area contributed by atoms with Crippen molar-refractivity contribution in [3.63, 3.8) is 0 Å². The maximum atomic E-state index is 13.2. The summed E-state index contributed by atoms with van der Waals surface area (Å²) in [4.78, 5) is 13.0. The van der Waals surface area contributed by atoms with Crippen LogP contribution in [0.25, 0.3) is 0 Å². The predicted octanol–water partition coefficient (Wildman–Crippen LogP) is 4.46. The van der Waals surface area contributed by atoms with Crippen LogP contribution in [0.1, 0.15) is 41.4 Å². The number of nitrogens with one attached hydrogen (secondary N) is 1. The zero-order valence-corrected chi connectivity index (χ0v) is 18.1. The first kappa shape index (κ1) is 21.1. The molecule has 1 aliphatic rings. The molecule has 0 fully saturated rings. The maximum absolute atomic E-state index is 13.2. The number of carbonyl (C=O) groups excluding carboxylic acids is 1. The number of benzene rings is 3. The fraction of sp³-hybridized carbons (Fsp3) is 0.208. The number of anilines is 1. The molecule has 0 aromatic heterocycles. The number of hydrogen-bond donors (Lipinski definition) is 1. The summed E-state index contributed by atoms with van der Waals surface area (Å²) < 4.78 is 40.9. The zero-order chi connectivity index (χ0) is 22.2. The van der Waals surface area contributed by atoms with E-state index in [4.69, 9.17) is 0 Å². The molecule has 1 aliphatic heterocycles. The molecule has 0 radical (unpaired) electrons. The minimum Gasteiger partial charge on any atom is -0.346 e. The molecule has 31 heavy (non-hydrogen) atoms. The molecule has 0 saturated heterocycles. The number of fused-ring (bicyclic) bond motifs is 1. The van der Waals surface area contributed by atoms with Crippen molar-refractivity contribution in [2.45, 2.75) is 37.2 Å². The largest absolute Gasteiger partial charge is 0.346 e. The van der Waals surface area contributed by atoms with E-state index in [0.29, 0.717) is 17.7 Å². The zero-order valence-electron chi connectivity index (χ0n) is 17.2. The van der Waals surface area contributed by atoms with E-state index >= 15 is 0 Å². The first-order valence-electron chi connectivity index (χ1n) is 10.1. The second kappa shape index (κ2) is 8.15. The van der Waals surface area contributed by atoms with Gasteiger partial charge in [-0.25, -0.2) is 12.8 Å². The van der Waals surface area contributed by atoms with Crippen molar-refractivity contribution in [1.82, 2.24) is 5.32 Å². The summed E-state index contributed by atoms with van der Waals surface area (Å²) in [5, 5.41) is 2.91. The summed E-state index contributed by atoms with van der Waals surface area (Å²) in [6.07, 6.45) is 0.524. The van der Waals surface area contributed by atoms with Crippen LogP contribution in [-0.4, -0.2) is 20.4 Å². The third kappa shape index (κ3) is 4.05. The number of carbonyl (C=O) groups is 1. The van der Waals surface area contributed by atoms with E-state index in [0.717, 1.165) is 11.1 Å². The summed E-state index contributed by atoms with van der Waals surface area (Å²) in [5.41, 5.74) is 2.66. The summed E-state index contributed by atoms with van der Waals surface area (Å²) >= 11 is 0. The van der Waals surface area contributed by atoms with E-state index in [2.05, 4.69) is 5.32 Å². The van der Waals surface area contributed by atoms with Crippen molar-refractivity contribution in [3.8, 4) is 0 Å². The van der Waals surface area contributed by atoms with Crippen molar-refractivity contribution in [3.05, 3.63) is 95.3 Å². The number of amides is 1. The highest BCUT2D eigenvalue weighted by atomic mass is 32.2. The number of hydrogen-bond acceptors (Lipinski definition) is 3. The Bertz CT molecular complexity index is 1210. The van der Waals surface area contributed by atoms with Crippen LogP contribution in [-0.2, 0) is 16.4 Å². The quantitative estimate of drug-likeness (QED) is 0.640. The normalized spacial score (nSPS) is 16.6. The molecular weight excluding hydrogens is 415 g/mol. The Kier molecular flexibility index (Phi) is 5.54. The van der Waals surface area contributed by atoms with Crippen LogP contribution in [0.15, 0.2) is 77.7 Å². The predicted molar refractivity (Wildman–Crippen MR) is 118 cm³/mol. The highest BCUT2D eigenvalue weighted by Gasteiger charge is 2.36. The van der Waals surface area contributed by atoms with Gasteiger partial charge in [-0.05, 0) is 73.9 Å². The Hall–Kier alpha value is -3.19. The SMILES string of the molecule is C[C@H](NC(=O)c1ccc2c(c1)C[C@@H](C)N2S(=O)(=O)c1ccccc1)c1ccc(F)cc1. The molecule has 160 valence electrons. The number of halogens is 1. The van der Waals surface area contributed by atoms with Crippen molar-refractivity contribution in [2.75, 3.05) is 4.31 Å². The van der Waals surface area contributed by atoms with Gasteiger partial charge in [-0.1, -0.05) is 30.3 Å². The smallest absolute Gasteiger partial charge is 0.264 e. The molecule has 1 N–H and O–H groups in total. The van der Waals surface area contributed by atoms with Crippen molar-refractivity contribution in [1.29, 1.82) is 0 Å². The van der Waals surface area contributed by atoms with E-state index < -0.39 is 10.0 Å². The van der Waals surface area contributed by atoms with Gasteiger partial charge in [0.2, 0.25) is 0 Å². The number of nitrogens with zero attached hydrogens (tertiary/aromatic N) is 1. The average Bonchev–Trinajstić information content (AvgIpc) is 3.10. The fourth-order valence-corrected chi connectivity index (χ4v) is 5.64. The van der Waals surface area contributed by atoms with Gasteiger partial charge in [0.15, 0.2) is 0 Å². The molecule has 1 amide bonds. The lowest BCUT2D eigenvalue weighted by atomic mass is 10.0. The minimum absolute atomic E-state index is 0.240. The van der Waals surface area contributed by atoms with Crippen molar-refractivity contribution in [2.24, 2.45) is 0 Å². The summed E-state index contributed by atoms with van der Waals surface area (Å²) in [6.45, 7) is 3.69. The van der Waals surface area contributed by atoms with Gasteiger partial charge in [-0.15, -0.1) is 0 Å². The molecule has 3 aromatic carbocycles. The van der Waals surface area contributed by atoms with E-state index in [9.17, 15) is 17.6 Å². The van der Waals surface area contributed by atoms with E-state index in [1.807, 2.05) is 13.8 Å². The van der Waals surface area contributed by atoms with Crippen molar-refractivity contribution >= 4 is 21.6 Å². The van der Waals surface area contributed by atoms with Crippen LogP contribution in [0, 0.1) is 5.82 Å². The molecule has 0 spiro atoms. The first-order chi connectivity index (χ1) is 14.8. The third-order valence-corrected chi connectivity index (χ3v) is 7.45. The topological polar surface area (TPSA) is 66.5 Å². The highest BCUT2D eigenvalue weighted by Crippen LogP contribution is 2.37. The van der Waals surface area contributed by atoms with Crippen LogP contribution in [0.4, 0.5) is 10.1 Å².